The van der Waals surface area contributed by atoms with Gasteiger partial charge in [0.25, 0.3) is 0 Å². The van der Waals surface area contributed by atoms with Crippen LogP contribution in [-0.2, 0) is 4.79 Å². The van der Waals surface area contributed by atoms with Crippen LogP contribution in [0.4, 0.5) is 10.1 Å². The molecule has 1 unspecified atom stereocenters. The fraction of sp³-hybridized carbons (Fsp3) is 0.500. The van der Waals surface area contributed by atoms with E-state index >= 15 is 0 Å². The summed E-state index contributed by atoms with van der Waals surface area (Å²) in [4.78, 5) is 11.7. The number of halogens is 1. The standard InChI is InChI=1S/C14H21FN2O/c1-9(2)11(4)17-14(18)8-16-13-7-5-6-12(15)10(13)3/h5-7,9,11,16H,8H2,1-4H3,(H,17,18). The van der Waals surface area contributed by atoms with Crippen LogP contribution in [-0.4, -0.2) is 18.5 Å². The summed E-state index contributed by atoms with van der Waals surface area (Å²) in [7, 11) is 0. The topological polar surface area (TPSA) is 41.1 Å². The molecule has 1 aromatic rings. The van der Waals surface area contributed by atoms with Crippen LogP contribution in [0.5, 0.6) is 0 Å². The molecule has 0 aliphatic rings. The molecule has 0 spiro atoms. The molecule has 0 saturated heterocycles. The van der Waals surface area contributed by atoms with Crippen LogP contribution in [0, 0.1) is 18.7 Å². The van der Waals surface area contributed by atoms with E-state index in [9.17, 15) is 9.18 Å². The van der Waals surface area contributed by atoms with Crippen molar-refractivity contribution in [3.63, 3.8) is 0 Å². The molecule has 1 aromatic carbocycles. The summed E-state index contributed by atoms with van der Waals surface area (Å²) in [5.41, 5.74) is 1.18. The predicted octanol–water partition coefficient (Wildman–Crippen LogP) is 2.71. The molecular weight excluding hydrogens is 231 g/mol. The van der Waals surface area contributed by atoms with Crippen molar-refractivity contribution in [2.75, 3.05) is 11.9 Å². The third-order valence-electron chi connectivity index (χ3n) is 3.10. The first-order valence-corrected chi connectivity index (χ1v) is 6.20. The van der Waals surface area contributed by atoms with E-state index < -0.39 is 0 Å². The number of carbonyl (C=O) groups excluding carboxylic acids is 1. The van der Waals surface area contributed by atoms with E-state index in [4.69, 9.17) is 0 Å². The summed E-state index contributed by atoms with van der Waals surface area (Å²) >= 11 is 0. The minimum atomic E-state index is -0.268. The first-order chi connectivity index (χ1) is 8.41. The van der Waals surface area contributed by atoms with Crippen molar-refractivity contribution >= 4 is 11.6 Å². The fourth-order valence-electron chi connectivity index (χ4n) is 1.45. The molecule has 0 radical (unpaired) electrons. The van der Waals surface area contributed by atoms with Crippen LogP contribution in [0.15, 0.2) is 18.2 Å². The Morgan fingerprint density at radius 2 is 2.00 bits per heavy atom. The molecule has 1 rings (SSSR count). The second kappa shape index (κ2) is 6.38. The van der Waals surface area contributed by atoms with Gasteiger partial charge in [0.05, 0.1) is 6.54 Å². The number of hydrogen-bond acceptors (Lipinski definition) is 2. The van der Waals surface area contributed by atoms with Gasteiger partial charge in [0.15, 0.2) is 0 Å². The lowest BCUT2D eigenvalue weighted by molar-refractivity contribution is -0.120. The maximum atomic E-state index is 13.3. The maximum absolute atomic E-state index is 13.3. The van der Waals surface area contributed by atoms with E-state index in [2.05, 4.69) is 24.5 Å². The Morgan fingerprint density at radius 1 is 1.33 bits per heavy atom. The third kappa shape index (κ3) is 4.02. The van der Waals surface area contributed by atoms with Gasteiger partial charge in [0, 0.05) is 17.3 Å². The van der Waals surface area contributed by atoms with Gasteiger partial charge in [-0.2, -0.15) is 0 Å². The molecular formula is C14H21FN2O. The van der Waals surface area contributed by atoms with Crippen molar-refractivity contribution < 1.29 is 9.18 Å². The van der Waals surface area contributed by atoms with Crippen LogP contribution in [0.3, 0.4) is 0 Å². The number of hydrogen-bond donors (Lipinski definition) is 2. The fourth-order valence-corrected chi connectivity index (χ4v) is 1.45. The molecule has 0 saturated carbocycles. The molecule has 0 fully saturated rings. The maximum Gasteiger partial charge on any atom is 0.239 e. The highest BCUT2D eigenvalue weighted by Gasteiger charge is 2.11. The van der Waals surface area contributed by atoms with Gasteiger partial charge in [-0.05, 0) is 31.9 Å². The van der Waals surface area contributed by atoms with E-state index in [1.54, 1.807) is 19.1 Å². The van der Waals surface area contributed by atoms with Crippen molar-refractivity contribution in [2.24, 2.45) is 5.92 Å². The smallest absolute Gasteiger partial charge is 0.239 e. The zero-order chi connectivity index (χ0) is 13.7. The summed E-state index contributed by atoms with van der Waals surface area (Å²) in [6, 6.07) is 4.92. The minimum absolute atomic E-state index is 0.0835. The number of nitrogens with one attached hydrogen (secondary N) is 2. The Labute approximate surface area is 108 Å². The van der Waals surface area contributed by atoms with Gasteiger partial charge in [-0.3, -0.25) is 4.79 Å². The largest absolute Gasteiger partial charge is 0.376 e. The lowest BCUT2D eigenvalue weighted by Gasteiger charge is -2.18. The van der Waals surface area contributed by atoms with E-state index in [-0.39, 0.29) is 24.3 Å². The van der Waals surface area contributed by atoms with Crippen molar-refractivity contribution in [2.45, 2.75) is 33.7 Å². The normalized spacial score (nSPS) is 12.3. The van der Waals surface area contributed by atoms with Crippen molar-refractivity contribution in [3.05, 3.63) is 29.6 Å². The summed E-state index contributed by atoms with van der Waals surface area (Å²) < 4.78 is 13.3. The van der Waals surface area contributed by atoms with Gasteiger partial charge in [-0.1, -0.05) is 19.9 Å². The zero-order valence-corrected chi connectivity index (χ0v) is 11.4. The molecule has 0 aliphatic heterocycles. The first-order valence-electron chi connectivity index (χ1n) is 6.20. The summed E-state index contributed by atoms with van der Waals surface area (Å²) in [6.07, 6.45) is 0. The quantitative estimate of drug-likeness (QED) is 0.846. The van der Waals surface area contributed by atoms with Crippen LogP contribution >= 0.6 is 0 Å². The van der Waals surface area contributed by atoms with Gasteiger partial charge in [-0.25, -0.2) is 4.39 Å². The Morgan fingerprint density at radius 3 is 2.61 bits per heavy atom. The number of rotatable bonds is 5. The zero-order valence-electron chi connectivity index (χ0n) is 11.4. The molecule has 2 N–H and O–H groups in total. The Bertz CT molecular complexity index is 418. The highest BCUT2D eigenvalue weighted by atomic mass is 19.1. The van der Waals surface area contributed by atoms with Crippen molar-refractivity contribution in [3.8, 4) is 0 Å². The Balaban J connectivity index is 2.50. The second-order valence-corrected chi connectivity index (χ2v) is 4.87. The number of amides is 1. The minimum Gasteiger partial charge on any atom is -0.376 e. The Kier molecular flexibility index (Phi) is 5.13. The first kappa shape index (κ1) is 14.5. The summed E-state index contributed by atoms with van der Waals surface area (Å²) in [5, 5.41) is 5.83. The predicted molar refractivity (Wildman–Crippen MR) is 72.1 cm³/mol. The molecule has 1 amide bonds. The van der Waals surface area contributed by atoms with Gasteiger partial charge in [0.2, 0.25) is 5.91 Å². The van der Waals surface area contributed by atoms with E-state index in [1.807, 2.05) is 6.92 Å². The summed E-state index contributed by atoms with van der Waals surface area (Å²) in [6.45, 7) is 7.91. The van der Waals surface area contributed by atoms with E-state index in [0.29, 0.717) is 17.2 Å². The van der Waals surface area contributed by atoms with E-state index in [1.165, 1.54) is 6.07 Å². The summed E-state index contributed by atoms with van der Waals surface area (Å²) in [5.74, 6) is 0.0423. The molecule has 0 aliphatic carbocycles. The van der Waals surface area contributed by atoms with Crippen LogP contribution in [0.25, 0.3) is 0 Å². The lowest BCUT2D eigenvalue weighted by Crippen LogP contribution is -2.39. The SMILES string of the molecule is Cc1c(F)cccc1NCC(=O)NC(C)C(C)C. The number of carbonyl (C=O) groups is 1. The van der Waals surface area contributed by atoms with Gasteiger partial charge < -0.3 is 10.6 Å². The highest BCUT2D eigenvalue weighted by Crippen LogP contribution is 2.16. The molecule has 3 nitrogen and oxygen atoms in total. The van der Waals surface area contributed by atoms with Gasteiger partial charge in [-0.15, -0.1) is 0 Å². The second-order valence-electron chi connectivity index (χ2n) is 4.87. The number of benzene rings is 1. The highest BCUT2D eigenvalue weighted by molar-refractivity contribution is 5.81. The molecule has 0 heterocycles. The van der Waals surface area contributed by atoms with Crippen LogP contribution in [0.1, 0.15) is 26.3 Å². The van der Waals surface area contributed by atoms with Crippen LogP contribution < -0.4 is 10.6 Å². The molecule has 18 heavy (non-hydrogen) atoms. The van der Waals surface area contributed by atoms with Gasteiger partial charge in [0.1, 0.15) is 5.82 Å². The van der Waals surface area contributed by atoms with Crippen LogP contribution in [0.2, 0.25) is 0 Å². The molecule has 4 heteroatoms. The average molecular weight is 252 g/mol. The number of anilines is 1. The lowest BCUT2D eigenvalue weighted by atomic mass is 10.1. The molecule has 1 atom stereocenters. The van der Waals surface area contributed by atoms with Crippen molar-refractivity contribution in [1.29, 1.82) is 0 Å². The third-order valence-corrected chi connectivity index (χ3v) is 3.10. The van der Waals surface area contributed by atoms with Crippen molar-refractivity contribution in [1.82, 2.24) is 5.32 Å². The average Bonchev–Trinajstić information content (AvgIpc) is 2.31. The molecule has 0 aromatic heterocycles. The molecule has 100 valence electrons. The monoisotopic (exact) mass is 252 g/mol. The van der Waals surface area contributed by atoms with E-state index in [0.717, 1.165) is 0 Å². The Hall–Kier alpha value is -1.58. The van der Waals surface area contributed by atoms with Gasteiger partial charge >= 0.3 is 0 Å². The molecule has 0 bridgehead atoms.